The van der Waals surface area contributed by atoms with Crippen LogP contribution in [0.1, 0.15) is 24.8 Å². The van der Waals surface area contributed by atoms with Crippen molar-refractivity contribution in [1.82, 2.24) is 4.90 Å². The quantitative estimate of drug-likeness (QED) is 0.399. The highest BCUT2D eigenvalue weighted by molar-refractivity contribution is 6.34. The maximum Gasteiger partial charge on any atom is 0.253 e. The van der Waals surface area contributed by atoms with Crippen molar-refractivity contribution in [2.24, 2.45) is 11.8 Å². The number of rotatable bonds is 7. The number of hydrogen-bond donors (Lipinski definition) is 1. The number of benzene rings is 2. The fourth-order valence-electron chi connectivity index (χ4n) is 6.95. The molecule has 2 saturated heterocycles. The zero-order valence-corrected chi connectivity index (χ0v) is 23.7. The first-order valence-corrected chi connectivity index (χ1v) is 14.6. The molecule has 2 aromatic carbocycles. The van der Waals surface area contributed by atoms with Crippen LogP contribution in [-0.4, -0.2) is 71.7 Å². The van der Waals surface area contributed by atoms with Gasteiger partial charge in [0.05, 0.1) is 28.6 Å². The van der Waals surface area contributed by atoms with Gasteiger partial charge in [-0.05, 0) is 49.9 Å². The number of halogens is 1. The van der Waals surface area contributed by atoms with Gasteiger partial charge >= 0.3 is 0 Å². The number of hydrogen-bond acceptors (Lipinski definition) is 5. The van der Waals surface area contributed by atoms with Crippen LogP contribution in [0, 0.1) is 18.8 Å². The molecule has 5 atom stereocenters. The van der Waals surface area contributed by atoms with Gasteiger partial charge in [-0.25, -0.2) is 0 Å². The van der Waals surface area contributed by atoms with E-state index >= 15 is 0 Å². The standard InChI is InChI=1S/C32H34ClN3O5/c1-21-11-8-14-23(33)27(21)35-19-10-16-32-26(30(39)36(28(32)31(35)40)17-6-3-7-20-37)25-24(41-32)15-9-18-34(29(25)38)22-12-4-2-5-13-22/h2,4-5,8-16,24-26,28,37H,3,6-7,17-20H2,1H3/t24-,25+,26+,28?,32+/m1/s1. The lowest BCUT2D eigenvalue weighted by atomic mass is 9.77. The summed E-state index contributed by atoms with van der Waals surface area (Å²) in [6, 6.07) is 13.9. The number of likely N-dealkylation sites (tertiary alicyclic amines) is 1. The summed E-state index contributed by atoms with van der Waals surface area (Å²) in [5, 5.41) is 9.74. The van der Waals surface area contributed by atoms with E-state index in [1.165, 1.54) is 0 Å². The first kappa shape index (κ1) is 27.7. The van der Waals surface area contributed by atoms with Gasteiger partial charge in [-0.2, -0.15) is 0 Å². The topological polar surface area (TPSA) is 90.4 Å². The number of carbonyl (C=O) groups excluding carboxylic acids is 3. The molecule has 1 N–H and O–H groups in total. The average Bonchev–Trinajstić information content (AvgIpc) is 3.27. The number of carbonyl (C=O) groups is 3. The number of fused-ring (bicyclic) bond motifs is 2. The SMILES string of the molecule is Cc1cccc(Cl)c1N1CC=C[C@]23O[C@@H]4C=CCN(c5ccccc5)C(=O)[C@@H]4[C@H]2C(=O)N(CCCCCO)C3C1=O. The fourth-order valence-corrected chi connectivity index (χ4v) is 7.28. The van der Waals surface area contributed by atoms with E-state index in [4.69, 9.17) is 16.3 Å². The molecule has 4 heterocycles. The van der Waals surface area contributed by atoms with E-state index in [9.17, 15) is 19.5 Å². The molecule has 0 aromatic heterocycles. The molecule has 0 aliphatic carbocycles. The first-order valence-electron chi connectivity index (χ1n) is 14.3. The summed E-state index contributed by atoms with van der Waals surface area (Å²) in [7, 11) is 0. The number of aryl methyl sites for hydroxylation is 1. The van der Waals surface area contributed by atoms with Crippen LogP contribution in [0.25, 0.3) is 0 Å². The maximum atomic E-state index is 14.6. The fraction of sp³-hybridized carbons (Fsp3) is 0.406. The molecule has 0 radical (unpaired) electrons. The number of anilines is 2. The predicted octanol–water partition coefficient (Wildman–Crippen LogP) is 3.90. The van der Waals surface area contributed by atoms with Gasteiger partial charge in [0.2, 0.25) is 11.8 Å². The zero-order chi connectivity index (χ0) is 28.7. The van der Waals surface area contributed by atoms with Gasteiger partial charge in [-0.1, -0.05) is 66.2 Å². The summed E-state index contributed by atoms with van der Waals surface area (Å²) < 4.78 is 6.73. The number of amides is 3. The number of para-hydroxylation sites is 2. The largest absolute Gasteiger partial charge is 0.396 e. The minimum absolute atomic E-state index is 0.0637. The third-order valence-electron chi connectivity index (χ3n) is 8.74. The van der Waals surface area contributed by atoms with Gasteiger partial charge < -0.3 is 24.5 Å². The minimum Gasteiger partial charge on any atom is -0.396 e. The molecule has 41 heavy (non-hydrogen) atoms. The van der Waals surface area contributed by atoms with Gasteiger partial charge in [-0.15, -0.1) is 0 Å². The van der Waals surface area contributed by atoms with Crippen molar-refractivity contribution in [3.05, 3.63) is 83.4 Å². The Bertz CT molecular complexity index is 1390. The summed E-state index contributed by atoms with van der Waals surface area (Å²) >= 11 is 6.62. The van der Waals surface area contributed by atoms with Gasteiger partial charge in [0.15, 0.2) is 0 Å². The summed E-state index contributed by atoms with van der Waals surface area (Å²) in [5.41, 5.74) is 0.902. The number of aliphatic hydroxyl groups excluding tert-OH is 1. The number of aliphatic hydroxyl groups is 1. The van der Waals surface area contributed by atoms with Gasteiger partial charge in [0.25, 0.3) is 5.91 Å². The summed E-state index contributed by atoms with van der Waals surface area (Å²) in [6.07, 6.45) is 8.77. The Hall–Kier alpha value is -3.46. The van der Waals surface area contributed by atoms with E-state index in [0.29, 0.717) is 43.1 Å². The second-order valence-electron chi connectivity index (χ2n) is 11.1. The summed E-state index contributed by atoms with van der Waals surface area (Å²) in [4.78, 5) is 48.1. The van der Waals surface area contributed by atoms with Crippen LogP contribution in [0.2, 0.25) is 5.02 Å². The number of ether oxygens (including phenoxy) is 1. The second kappa shape index (κ2) is 11.1. The van der Waals surface area contributed by atoms with Crippen molar-refractivity contribution in [2.75, 3.05) is 36.0 Å². The van der Waals surface area contributed by atoms with Gasteiger partial charge in [0.1, 0.15) is 11.6 Å². The molecule has 4 aliphatic rings. The Morgan fingerprint density at radius 3 is 2.46 bits per heavy atom. The van der Waals surface area contributed by atoms with Crippen LogP contribution in [0.4, 0.5) is 11.4 Å². The van der Waals surface area contributed by atoms with Crippen molar-refractivity contribution in [1.29, 1.82) is 0 Å². The molecule has 9 heteroatoms. The van der Waals surface area contributed by atoms with Crippen LogP contribution in [0.5, 0.6) is 0 Å². The van der Waals surface area contributed by atoms with E-state index in [-0.39, 0.29) is 30.9 Å². The smallest absolute Gasteiger partial charge is 0.253 e. The third-order valence-corrected chi connectivity index (χ3v) is 9.05. The molecule has 0 saturated carbocycles. The molecule has 2 fully saturated rings. The third kappa shape index (κ3) is 4.49. The lowest BCUT2D eigenvalue weighted by Gasteiger charge is -2.36. The Balaban J connectivity index is 1.43. The van der Waals surface area contributed by atoms with E-state index in [1.807, 2.05) is 73.7 Å². The minimum atomic E-state index is -1.30. The monoisotopic (exact) mass is 575 g/mol. The van der Waals surface area contributed by atoms with Crippen molar-refractivity contribution in [3.8, 4) is 0 Å². The molecule has 0 bridgehead atoms. The maximum absolute atomic E-state index is 14.6. The Morgan fingerprint density at radius 1 is 0.927 bits per heavy atom. The highest BCUT2D eigenvalue weighted by Gasteiger charge is 2.71. The molecule has 6 rings (SSSR count). The molecular formula is C32H34ClN3O5. The first-order chi connectivity index (χ1) is 19.9. The van der Waals surface area contributed by atoms with Gasteiger partial charge in [-0.3, -0.25) is 14.4 Å². The lowest BCUT2D eigenvalue weighted by molar-refractivity contribution is -0.140. The van der Waals surface area contributed by atoms with E-state index in [1.54, 1.807) is 20.8 Å². The van der Waals surface area contributed by atoms with Crippen LogP contribution in [-0.2, 0) is 19.1 Å². The molecule has 214 valence electrons. The van der Waals surface area contributed by atoms with Crippen molar-refractivity contribution >= 4 is 40.7 Å². The molecule has 2 aromatic rings. The lowest BCUT2D eigenvalue weighted by Crippen LogP contribution is -2.55. The van der Waals surface area contributed by atoms with E-state index in [0.717, 1.165) is 11.3 Å². The van der Waals surface area contributed by atoms with E-state index in [2.05, 4.69) is 0 Å². The second-order valence-corrected chi connectivity index (χ2v) is 11.5. The average molecular weight is 576 g/mol. The van der Waals surface area contributed by atoms with Crippen LogP contribution in [0.3, 0.4) is 0 Å². The molecule has 3 amide bonds. The predicted molar refractivity (Wildman–Crippen MR) is 157 cm³/mol. The highest BCUT2D eigenvalue weighted by Crippen LogP contribution is 2.54. The van der Waals surface area contributed by atoms with Crippen molar-refractivity contribution in [2.45, 2.75) is 43.9 Å². The molecule has 8 nitrogen and oxygen atoms in total. The van der Waals surface area contributed by atoms with Gasteiger partial charge in [0, 0.05) is 31.9 Å². The molecular weight excluding hydrogens is 542 g/mol. The number of nitrogens with zero attached hydrogens (tertiary/aromatic N) is 3. The van der Waals surface area contributed by atoms with Crippen LogP contribution >= 0.6 is 11.6 Å². The van der Waals surface area contributed by atoms with Crippen molar-refractivity contribution < 1.29 is 24.2 Å². The normalized spacial score (nSPS) is 29.0. The van der Waals surface area contributed by atoms with E-state index < -0.39 is 29.6 Å². The Kier molecular flexibility index (Phi) is 7.49. The Labute approximate surface area is 244 Å². The summed E-state index contributed by atoms with van der Waals surface area (Å²) in [5.74, 6) is -2.36. The number of unbranched alkanes of at least 4 members (excludes halogenated alkanes) is 2. The summed E-state index contributed by atoms with van der Waals surface area (Å²) in [6.45, 7) is 2.92. The molecule has 4 aliphatic heterocycles. The molecule has 1 unspecified atom stereocenters. The van der Waals surface area contributed by atoms with Crippen molar-refractivity contribution in [3.63, 3.8) is 0 Å². The van der Waals surface area contributed by atoms with Crippen LogP contribution in [0.15, 0.2) is 72.8 Å². The highest BCUT2D eigenvalue weighted by atomic mass is 35.5. The van der Waals surface area contributed by atoms with Crippen LogP contribution < -0.4 is 9.80 Å². The zero-order valence-electron chi connectivity index (χ0n) is 23.0. The Morgan fingerprint density at radius 2 is 1.71 bits per heavy atom. The molecule has 1 spiro atoms.